The van der Waals surface area contributed by atoms with Gasteiger partial charge in [0, 0.05) is 13.1 Å². The molecule has 0 unspecified atom stereocenters. The van der Waals surface area contributed by atoms with Gasteiger partial charge in [0.1, 0.15) is 0 Å². The van der Waals surface area contributed by atoms with Crippen molar-refractivity contribution in [3.63, 3.8) is 0 Å². The van der Waals surface area contributed by atoms with Crippen molar-refractivity contribution in [1.82, 2.24) is 4.31 Å². The second kappa shape index (κ2) is 5.12. The molecule has 0 amide bonds. The Kier molecular flexibility index (Phi) is 4.38. The Bertz CT molecular complexity index is 253. The molecule has 0 saturated carbocycles. The summed E-state index contributed by atoms with van der Waals surface area (Å²) < 4.78 is 25.2. The summed E-state index contributed by atoms with van der Waals surface area (Å²) in [7, 11) is -2.94. The molecule has 1 aliphatic heterocycles. The molecular formula is C10H21NO2S. The summed E-state index contributed by atoms with van der Waals surface area (Å²) >= 11 is 0. The van der Waals surface area contributed by atoms with Crippen LogP contribution < -0.4 is 0 Å². The van der Waals surface area contributed by atoms with Crippen molar-refractivity contribution >= 4 is 10.0 Å². The minimum Gasteiger partial charge on any atom is -0.212 e. The van der Waals surface area contributed by atoms with Crippen LogP contribution >= 0.6 is 0 Å². The summed E-state index contributed by atoms with van der Waals surface area (Å²) in [4.78, 5) is 0. The molecule has 3 nitrogen and oxygen atoms in total. The highest BCUT2D eigenvalue weighted by Crippen LogP contribution is 2.19. The van der Waals surface area contributed by atoms with Crippen molar-refractivity contribution in [1.29, 1.82) is 0 Å². The first kappa shape index (κ1) is 12.0. The van der Waals surface area contributed by atoms with Crippen LogP contribution in [0.2, 0.25) is 0 Å². The van der Waals surface area contributed by atoms with Crippen LogP contribution in [0, 0.1) is 5.92 Å². The van der Waals surface area contributed by atoms with E-state index in [2.05, 4.69) is 6.92 Å². The van der Waals surface area contributed by atoms with Crippen LogP contribution in [0.25, 0.3) is 0 Å². The Balaban J connectivity index is 2.47. The smallest absolute Gasteiger partial charge is 0.212 e. The van der Waals surface area contributed by atoms with E-state index in [1.54, 1.807) is 4.31 Å². The lowest BCUT2D eigenvalue weighted by molar-refractivity contribution is 0.288. The number of hydrogen-bond acceptors (Lipinski definition) is 2. The third kappa shape index (κ3) is 3.24. The van der Waals surface area contributed by atoms with Gasteiger partial charge in [0.2, 0.25) is 10.0 Å². The molecule has 1 saturated heterocycles. The number of rotatable bonds is 4. The lowest BCUT2D eigenvalue weighted by atomic mass is 10.0. The van der Waals surface area contributed by atoms with Gasteiger partial charge in [-0.2, -0.15) is 0 Å². The maximum atomic E-state index is 11.8. The highest BCUT2D eigenvalue weighted by molar-refractivity contribution is 7.89. The molecule has 0 radical (unpaired) electrons. The third-order valence-corrected chi connectivity index (χ3v) is 4.85. The molecule has 4 heteroatoms. The first-order valence-electron chi connectivity index (χ1n) is 5.54. The summed E-state index contributed by atoms with van der Waals surface area (Å²) in [6.07, 6.45) is 3.77. The Labute approximate surface area is 87.5 Å². The first-order valence-corrected chi connectivity index (χ1v) is 7.15. The molecule has 84 valence electrons. The van der Waals surface area contributed by atoms with Gasteiger partial charge in [0.15, 0.2) is 0 Å². The summed E-state index contributed by atoms with van der Waals surface area (Å²) in [6, 6.07) is 0. The van der Waals surface area contributed by atoms with E-state index in [-0.39, 0.29) is 0 Å². The quantitative estimate of drug-likeness (QED) is 0.723. The molecule has 0 aromatic carbocycles. The van der Waals surface area contributed by atoms with E-state index in [0.717, 1.165) is 38.8 Å². The molecular weight excluding hydrogens is 198 g/mol. The molecule has 1 aliphatic rings. The van der Waals surface area contributed by atoms with Crippen LogP contribution in [-0.4, -0.2) is 31.6 Å². The average molecular weight is 219 g/mol. The Hall–Kier alpha value is -0.0900. The predicted octanol–water partition coefficient (Wildman–Crippen LogP) is 1.85. The van der Waals surface area contributed by atoms with Crippen LogP contribution in [0.15, 0.2) is 0 Å². The predicted molar refractivity (Wildman–Crippen MR) is 58.7 cm³/mol. The zero-order chi connectivity index (χ0) is 10.6. The molecule has 1 heterocycles. The van der Waals surface area contributed by atoms with Crippen molar-refractivity contribution in [2.24, 2.45) is 5.92 Å². The van der Waals surface area contributed by atoms with Crippen molar-refractivity contribution in [3.8, 4) is 0 Å². The largest absolute Gasteiger partial charge is 0.214 e. The van der Waals surface area contributed by atoms with E-state index >= 15 is 0 Å². The topological polar surface area (TPSA) is 37.4 Å². The molecule has 0 aromatic heterocycles. The van der Waals surface area contributed by atoms with Crippen LogP contribution in [-0.2, 0) is 10.0 Å². The minimum atomic E-state index is -2.94. The average Bonchev–Trinajstić information content (AvgIpc) is 2.16. The van der Waals surface area contributed by atoms with E-state index < -0.39 is 10.0 Å². The normalized spacial score (nSPS) is 21.3. The van der Waals surface area contributed by atoms with Crippen LogP contribution in [0.5, 0.6) is 0 Å². The number of unbranched alkanes of at least 4 members (excludes halogenated alkanes) is 1. The van der Waals surface area contributed by atoms with E-state index in [9.17, 15) is 8.42 Å². The summed E-state index contributed by atoms with van der Waals surface area (Å²) in [5, 5.41) is 0. The van der Waals surface area contributed by atoms with Crippen molar-refractivity contribution in [3.05, 3.63) is 0 Å². The number of hydrogen-bond donors (Lipinski definition) is 0. The van der Waals surface area contributed by atoms with E-state index in [0.29, 0.717) is 11.7 Å². The number of piperidine rings is 1. The minimum absolute atomic E-state index is 0.331. The van der Waals surface area contributed by atoms with Gasteiger partial charge < -0.3 is 0 Å². The number of sulfonamides is 1. The Morgan fingerprint density at radius 2 is 1.86 bits per heavy atom. The monoisotopic (exact) mass is 219 g/mol. The lowest BCUT2D eigenvalue weighted by Crippen LogP contribution is -2.39. The summed E-state index contributed by atoms with van der Waals surface area (Å²) in [5.41, 5.74) is 0. The van der Waals surface area contributed by atoms with Gasteiger partial charge in [-0.05, 0) is 25.2 Å². The van der Waals surface area contributed by atoms with Gasteiger partial charge in [-0.15, -0.1) is 0 Å². The van der Waals surface area contributed by atoms with Crippen molar-refractivity contribution in [2.45, 2.75) is 39.5 Å². The molecule has 0 aromatic rings. The fraction of sp³-hybridized carbons (Fsp3) is 1.00. The van der Waals surface area contributed by atoms with Crippen molar-refractivity contribution < 1.29 is 8.42 Å². The van der Waals surface area contributed by atoms with Crippen molar-refractivity contribution in [2.75, 3.05) is 18.8 Å². The summed E-state index contributed by atoms with van der Waals surface area (Å²) in [5.74, 6) is 1.02. The standard InChI is InChI=1S/C10H21NO2S/c1-3-4-9-14(12,13)11-7-5-10(2)6-8-11/h10H,3-9H2,1-2H3. The van der Waals surface area contributed by atoms with Crippen LogP contribution in [0.4, 0.5) is 0 Å². The van der Waals surface area contributed by atoms with Gasteiger partial charge in [-0.1, -0.05) is 20.3 Å². The lowest BCUT2D eigenvalue weighted by Gasteiger charge is -2.29. The molecule has 0 bridgehead atoms. The van der Waals surface area contributed by atoms with E-state index in [1.807, 2.05) is 6.92 Å². The zero-order valence-electron chi connectivity index (χ0n) is 9.20. The maximum Gasteiger partial charge on any atom is 0.214 e. The second-order valence-electron chi connectivity index (χ2n) is 4.25. The molecule has 0 atom stereocenters. The fourth-order valence-corrected chi connectivity index (χ4v) is 3.40. The van der Waals surface area contributed by atoms with Crippen LogP contribution in [0.3, 0.4) is 0 Å². The van der Waals surface area contributed by atoms with Gasteiger partial charge in [0.05, 0.1) is 5.75 Å². The second-order valence-corrected chi connectivity index (χ2v) is 6.34. The van der Waals surface area contributed by atoms with E-state index in [1.165, 1.54) is 0 Å². The SMILES string of the molecule is CCCCS(=O)(=O)N1CCC(C)CC1. The van der Waals surface area contributed by atoms with Crippen LogP contribution in [0.1, 0.15) is 39.5 Å². The van der Waals surface area contributed by atoms with Gasteiger partial charge in [-0.3, -0.25) is 0 Å². The molecule has 1 fully saturated rings. The highest BCUT2D eigenvalue weighted by Gasteiger charge is 2.25. The maximum absolute atomic E-state index is 11.8. The Morgan fingerprint density at radius 1 is 1.29 bits per heavy atom. The highest BCUT2D eigenvalue weighted by atomic mass is 32.2. The Morgan fingerprint density at radius 3 is 2.36 bits per heavy atom. The fourth-order valence-electron chi connectivity index (χ4n) is 1.72. The zero-order valence-corrected chi connectivity index (χ0v) is 10.0. The molecule has 14 heavy (non-hydrogen) atoms. The molecule has 0 N–H and O–H groups in total. The number of nitrogens with zero attached hydrogens (tertiary/aromatic N) is 1. The van der Waals surface area contributed by atoms with Gasteiger partial charge >= 0.3 is 0 Å². The van der Waals surface area contributed by atoms with E-state index in [4.69, 9.17) is 0 Å². The first-order chi connectivity index (χ1) is 6.56. The van der Waals surface area contributed by atoms with Gasteiger partial charge in [-0.25, -0.2) is 12.7 Å². The third-order valence-electron chi connectivity index (χ3n) is 2.89. The summed E-state index contributed by atoms with van der Waals surface area (Å²) in [6.45, 7) is 5.67. The molecule has 0 aliphatic carbocycles. The van der Waals surface area contributed by atoms with Gasteiger partial charge in [0.25, 0.3) is 0 Å². The molecule has 0 spiro atoms. The molecule has 1 rings (SSSR count).